The van der Waals surface area contributed by atoms with Gasteiger partial charge in [0.2, 0.25) is 0 Å². The van der Waals surface area contributed by atoms with Crippen LogP contribution >= 0.6 is 23.2 Å². The summed E-state index contributed by atoms with van der Waals surface area (Å²) in [5, 5.41) is 0.846. The van der Waals surface area contributed by atoms with E-state index in [1.165, 1.54) is 0 Å². The van der Waals surface area contributed by atoms with Gasteiger partial charge in [0.15, 0.2) is 11.5 Å². The molecule has 0 fully saturated rings. The number of ether oxygens (including phenoxy) is 2. The average molecular weight is 269 g/mol. The number of hydrogen-bond acceptors (Lipinski definition) is 2. The minimum Gasteiger partial charge on any atom is -0.493 e. The van der Waals surface area contributed by atoms with Crippen molar-refractivity contribution in [2.75, 3.05) is 7.11 Å². The van der Waals surface area contributed by atoms with Crippen LogP contribution in [0.1, 0.15) is 0 Å². The molecular weight excluding hydrogens is 259 g/mol. The maximum Gasteiger partial charge on any atom is 0.169 e. The monoisotopic (exact) mass is 268 g/mol. The van der Waals surface area contributed by atoms with Gasteiger partial charge >= 0.3 is 0 Å². The van der Waals surface area contributed by atoms with E-state index in [1.807, 2.05) is 18.2 Å². The summed E-state index contributed by atoms with van der Waals surface area (Å²) in [6, 6.07) is 12.6. The van der Waals surface area contributed by atoms with Gasteiger partial charge in [-0.2, -0.15) is 0 Å². The Morgan fingerprint density at radius 3 is 2.18 bits per heavy atom. The lowest BCUT2D eigenvalue weighted by Gasteiger charge is -2.11. The van der Waals surface area contributed by atoms with Crippen LogP contribution < -0.4 is 9.47 Å². The molecule has 0 saturated heterocycles. The van der Waals surface area contributed by atoms with E-state index in [9.17, 15) is 0 Å². The first-order valence-corrected chi connectivity index (χ1v) is 5.73. The predicted molar refractivity (Wildman–Crippen MR) is 69.5 cm³/mol. The molecule has 2 aromatic rings. The molecule has 0 unspecified atom stereocenters. The number of hydrogen-bond donors (Lipinski definition) is 0. The number of para-hydroxylation sites is 2. The normalized spacial score (nSPS) is 10.1. The Hall–Kier alpha value is -1.38. The van der Waals surface area contributed by atoms with Crippen LogP contribution in [0, 0.1) is 0 Å². The Morgan fingerprint density at radius 2 is 1.47 bits per heavy atom. The van der Waals surface area contributed by atoms with Gasteiger partial charge in [0.1, 0.15) is 10.8 Å². The first-order chi connectivity index (χ1) is 8.22. The van der Waals surface area contributed by atoms with Crippen LogP contribution in [0.5, 0.6) is 17.2 Å². The zero-order valence-electron chi connectivity index (χ0n) is 9.11. The van der Waals surface area contributed by atoms with Gasteiger partial charge in [-0.3, -0.25) is 0 Å². The van der Waals surface area contributed by atoms with Gasteiger partial charge in [0.05, 0.1) is 12.1 Å². The highest BCUT2D eigenvalue weighted by Gasteiger charge is 2.09. The molecule has 0 aliphatic rings. The van der Waals surface area contributed by atoms with Crippen molar-refractivity contribution in [1.29, 1.82) is 0 Å². The summed E-state index contributed by atoms with van der Waals surface area (Å²) in [7, 11) is 1.59. The Balaban J connectivity index is 2.35. The lowest BCUT2D eigenvalue weighted by atomic mass is 10.3. The topological polar surface area (TPSA) is 18.5 Å². The van der Waals surface area contributed by atoms with E-state index in [0.717, 1.165) is 0 Å². The summed E-state index contributed by atoms with van der Waals surface area (Å²) >= 11 is 12.0. The first kappa shape index (κ1) is 12.1. The molecular formula is C13H10Cl2O2. The molecule has 0 spiro atoms. The molecule has 2 nitrogen and oxygen atoms in total. The lowest BCUT2D eigenvalue weighted by Crippen LogP contribution is -1.90. The summed E-state index contributed by atoms with van der Waals surface area (Å²) < 4.78 is 10.9. The van der Waals surface area contributed by atoms with E-state index in [-0.39, 0.29) is 0 Å². The second kappa shape index (κ2) is 5.30. The molecule has 2 aromatic carbocycles. The SMILES string of the molecule is COc1ccccc1Oc1cccc(Cl)c1Cl. The van der Waals surface area contributed by atoms with Crippen LogP contribution in [0.15, 0.2) is 42.5 Å². The Morgan fingerprint density at radius 1 is 0.824 bits per heavy atom. The number of benzene rings is 2. The Kier molecular flexibility index (Phi) is 3.77. The average Bonchev–Trinajstić information content (AvgIpc) is 2.35. The molecule has 0 aliphatic heterocycles. The highest BCUT2D eigenvalue weighted by molar-refractivity contribution is 6.42. The van der Waals surface area contributed by atoms with Gasteiger partial charge in [-0.15, -0.1) is 0 Å². The van der Waals surface area contributed by atoms with Crippen molar-refractivity contribution in [2.45, 2.75) is 0 Å². The summed E-state index contributed by atoms with van der Waals surface area (Å²) in [6.45, 7) is 0. The highest BCUT2D eigenvalue weighted by atomic mass is 35.5. The third kappa shape index (κ3) is 2.65. The predicted octanol–water partition coefficient (Wildman–Crippen LogP) is 4.79. The largest absolute Gasteiger partial charge is 0.493 e. The van der Waals surface area contributed by atoms with Crippen LogP contribution in [0.3, 0.4) is 0 Å². The van der Waals surface area contributed by atoms with Crippen LogP contribution in [0.25, 0.3) is 0 Å². The van der Waals surface area contributed by atoms with Crippen LogP contribution in [0.4, 0.5) is 0 Å². The zero-order valence-corrected chi connectivity index (χ0v) is 10.6. The molecule has 0 amide bonds. The third-order valence-electron chi connectivity index (χ3n) is 2.21. The molecule has 0 bridgehead atoms. The van der Waals surface area contributed by atoms with E-state index in [1.54, 1.807) is 31.4 Å². The maximum atomic E-state index is 6.04. The molecule has 0 saturated carbocycles. The van der Waals surface area contributed by atoms with Gasteiger partial charge in [0, 0.05) is 0 Å². The molecule has 0 aromatic heterocycles. The fraction of sp³-hybridized carbons (Fsp3) is 0.0769. The quantitative estimate of drug-likeness (QED) is 0.797. The highest BCUT2D eigenvalue weighted by Crippen LogP contribution is 2.37. The lowest BCUT2D eigenvalue weighted by molar-refractivity contribution is 0.379. The van der Waals surface area contributed by atoms with E-state index in [0.29, 0.717) is 27.3 Å². The number of methoxy groups -OCH3 is 1. The fourth-order valence-corrected chi connectivity index (χ4v) is 1.71. The van der Waals surface area contributed by atoms with E-state index >= 15 is 0 Å². The van der Waals surface area contributed by atoms with Crippen LogP contribution in [0.2, 0.25) is 10.0 Å². The van der Waals surface area contributed by atoms with Crippen molar-refractivity contribution in [3.05, 3.63) is 52.5 Å². The maximum absolute atomic E-state index is 6.04. The number of rotatable bonds is 3. The Labute approximate surface area is 110 Å². The van der Waals surface area contributed by atoms with Crippen molar-refractivity contribution in [3.8, 4) is 17.2 Å². The van der Waals surface area contributed by atoms with Crippen molar-refractivity contribution in [2.24, 2.45) is 0 Å². The molecule has 0 aliphatic carbocycles. The van der Waals surface area contributed by atoms with Gasteiger partial charge in [-0.1, -0.05) is 41.4 Å². The van der Waals surface area contributed by atoms with Gasteiger partial charge < -0.3 is 9.47 Å². The van der Waals surface area contributed by atoms with E-state index in [2.05, 4.69) is 0 Å². The minimum atomic E-state index is 0.389. The van der Waals surface area contributed by atoms with Crippen molar-refractivity contribution < 1.29 is 9.47 Å². The number of halogens is 2. The van der Waals surface area contributed by atoms with Crippen molar-refractivity contribution >= 4 is 23.2 Å². The Bertz CT molecular complexity index is 527. The zero-order chi connectivity index (χ0) is 12.3. The molecule has 17 heavy (non-hydrogen) atoms. The first-order valence-electron chi connectivity index (χ1n) is 4.97. The molecule has 2 rings (SSSR count). The van der Waals surface area contributed by atoms with Crippen LogP contribution in [-0.2, 0) is 0 Å². The smallest absolute Gasteiger partial charge is 0.169 e. The summed E-state index contributed by atoms with van der Waals surface area (Å²) in [5.41, 5.74) is 0. The molecule has 4 heteroatoms. The molecule has 0 radical (unpaired) electrons. The third-order valence-corrected chi connectivity index (χ3v) is 3.01. The van der Waals surface area contributed by atoms with Crippen LogP contribution in [-0.4, -0.2) is 7.11 Å². The van der Waals surface area contributed by atoms with Crippen molar-refractivity contribution in [3.63, 3.8) is 0 Å². The van der Waals surface area contributed by atoms with E-state index in [4.69, 9.17) is 32.7 Å². The second-order valence-corrected chi connectivity index (χ2v) is 4.09. The molecule has 88 valence electrons. The van der Waals surface area contributed by atoms with Gasteiger partial charge in [-0.05, 0) is 24.3 Å². The molecule has 0 N–H and O–H groups in total. The second-order valence-electron chi connectivity index (χ2n) is 3.30. The minimum absolute atomic E-state index is 0.389. The van der Waals surface area contributed by atoms with Gasteiger partial charge in [0.25, 0.3) is 0 Å². The summed E-state index contributed by atoms with van der Waals surface area (Å²) in [6.07, 6.45) is 0. The van der Waals surface area contributed by atoms with Gasteiger partial charge in [-0.25, -0.2) is 0 Å². The fourth-order valence-electron chi connectivity index (χ4n) is 1.38. The summed E-state index contributed by atoms with van der Waals surface area (Å²) in [5.74, 6) is 1.74. The molecule has 0 heterocycles. The molecule has 0 atom stereocenters. The summed E-state index contributed by atoms with van der Waals surface area (Å²) in [4.78, 5) is 0. The van der Waals surface area contributed by atoms with Crippen molar-refractivity contribution in [1.82, 2.24) is 0 Å². The van der Waals surface area contributed by atoms with E-state index < -0.39 is 0 Å². The standard InChI is InChI=1S/C13H10Cl2O2/c1-16-10-6-2-3-7-11(10)17-12-8-4-5-9(14)13(12)15/h2-8H,1H3.